The van der Waals surface area contributed by atoms with E-state index in [1.54, 1.807) is 16.8 Å². The van der Waals surface area contributed by atoms with Crippen LogP contribution in [0.25, 0.3) is 10.2 Å². The second-order valence-electron chi connectivity index (χ2n) is 3.07. The average molecular weight is 249 g/mol. The van der Waals surface area contributed by atoms with Crippen molar-refractivity contribution in [1.29, 1.82) is 0 Å². The SMILES string of the molecule is Nc1c(Sc2ncn[nH]2)ccc2scnc12. The summed E-state index contributed by atoms with van der Waals surface area (Å²) in [6.45, 7) is 0. The van der Waals surface area contributed by atoms with Gasteiger partial charge in [0.05, 0.1) is 15.9 Å². The summed E-state index contributed by atoms with van der Waals surface area (Å²) < 4.78 is 1.10. The lowest BCUT2D eigenvalue weighted by Gasteiger charge is -2.02. The quantitative estimate of drug-likeness (QED) is 0.680. The third-order valence-electron chi connectivity index (χ3n) is 2.10. The second-order valence-corrected chi connectivity index (χ2v) is 4.99. The highest BCUT2D eigenvalue weighted by Gasteiger charge is 2.09. The summed E-state index contributed by atoms with van der Waals surface area (Å²) in [7, 11) is 0. The number of rotatable bonds is 2. The molecule has 80 valence electrons. The van der Waals surface area contributed by atoms with Gasteiger partial charge in [0, 0.05) is 4.90 Å². The number of nitrogens with one attached hydrogen (secondary N) is 1. The molecule has 16 heavy (non-hydrogen) atoms. The largest absolute Gasteiger partial charge is 0.396 e. The van der Waals surface area contributed by atoms with Crippen LogP contribution in [0.3, 0.4) is 0 Å². The summed E-state index contributed by atoms with van der Waals surface area (Å²) in [6.07, 6.45) is 1.47. The highest BCUT2D eigenvalue weighted by atomic mass is 32.2. The average Bonchev–Trinajstić information content (AvgIpc) is 2.93. The number of aromatic amines is 1. The first-order valence-corrected chi connectivity index (χ1v) is 6.19. The van der Waals surface area contributed by atoms with E-state index in [0.717, 1.165) is 20.3 Å². The second kappa shape index (κ2) is 3.76. The Morgan fingerprint density at radius 3 is 3.06 bits per heavy atom. The Hall–Kier alpha value is -1.60. The van der Waals surface area contributed by atoms with Crippen LogP contribution in [-0.4, -0.2) is 20.2 Å². The molecule has 0 saturated heterocycles. The zero-order valence-electron chi connectivity index (χ0n) is 8.04. The Morgan fingerprint density at radius 1 is 1.31 bits per heavy atom. The molecule has 2 aromatic heterocycles. The summed E-state index contributed by atoms with van der Waals surface area (Å²) in [5.74, 6) is 0. The van der Waals surface area contributed by atoms with Gasteiger partial charge in [0.25, 0.3) is 0 Å². The lowest BCUT2D eigenvalue weighted by atomic mass is 10.3. The molecule has 0 aliphatic carbocycles. The fraction of sp³-hybridized carbons (Fsp3) is 0. The van der Waals surface area contributed by atoms with Crippen molar-refractivity contribution >= 4 is 39.0 Å². The van der Waals surface area contributed by atoms with Crippen LogP contribution in [0.2, 0.25) is 0 Å². The van der Waals surface area contributed by atoms with E-state index in [0.29, 0.717) is 5.69 Å². The summed E-state index contributed by atoms with van der Waals surface area (Å²) in [4.78, 5) is 9.23. The lowest BCUT2D eigenvalue weighted by Crippen LogP contribution is -1.90. The number of nitrogens with zero attached hydrogens (tertiary/aromatic N) is 3. The zero-order chi connectivity index (χ0) is 11.0. The van der Waals surface area contributed by atoms with Crippen LogP contribution in [0.1, 0.15) is 0 Å². The first-order valence-electron chi connectivity index (χ1n) is 4.49. The predicted molar refractivity (Wildman–Crippen MR) is 64.5 cm³/mol. The van der Waals surface area contributed by atoms with Gasteiger partial charge < -0.3 is 5.73 Å². The Kier molecular flexibility index (Phi) is 2.26. The number of nitrogen functional groups attached to an aromatic ring is 1. The van der Waals surface area contributed by atoms with E-state index >= 15 is 0 Å². The third-order valence-corrected chi connectivity index (χ3v) is 3.86. The molecular weight excluding hydrogens is 242 g/mol. The maximum Gasteiger partial charge on any atom is 0.188 e. The molecule has 3 aromatic rings. The molecule has 3 rings (SSSR count). The molecule has 0 amide bonds. The number of fused-ring (bicyclic) bond motifs is 1. The van der Waals surface area contributed by atoms with Crippen molar-refractivity contribution in [3.63, 3.8) is 0 Å². The van der Waals surface area contributed by atoms with Crippen molar-refractivity contribution in [3.8, 4) is 0 Å². The maximum atomic E-state index is 6.04. The highest BCUT2D eigenvalue weighted by molar-refractivity contribution is 7.99. The molecule has 0 aliphatic heterocycles. The summed E-state index contributed by atoms with van der Waals surface area (Å²) in [5, 5.41) is 7.30. The van der Waals surface area contributed by atoms with E-state index in [9.17, 15) is 0 Å². The van der Waals surface area contributed by atoms with Crippen LogP contribution in [0.15, 0.2) is 34.0 Å². The van der Waals surface area contributed by atoms with Crippen LogP contribution in [-0.2, 0) is 0 Å². The molecule has 0 atom stereocenters. The van der Waals surface area contributed by atoms with Gasteiger partial charge in [-0.15, -0.1) is 11.3 Å². The lowest BCUT2D eigenvalue weighted by molar-refractivity contribution is 0.973. The number of benzene rings is 1. The number of hydrogen-bond donors (Lipinski definition) is 2. The maximum absolute atomic E-state index is 6.04. The molecule has 0 spiro atoms. The van der Waals surface area contributed by atoms with E-state index in [2.05, 4.69) is 20.2 Å². The highest BCUT2D eigenvalue weighted by Crippen LogP contribution is 2.35. The minimum atomic E-state index is 0.695. The molecule has 0 saturated carbocycles. The van der Waals surface area contributed by atoms with Crippen LogP contribution >= 0.6 is 23.1 Å². The van der Waals surface area contributed by atoms with Crippen molar-refractivity contribution in [1.82, 2.24) is 20.2 Å². The van der Waals surface area contributed by atoms with Gasteiger partial charge in [0.15, 0.2) is 5.16 Å². The fourth-order valence-corrected chi connectivity index (χ4v) is 2.81. The number of anilines is 1. The molecule has 0 bridgehead atoms. The van der Waals surface area contributed by atoms with Crippen molar-refractivity contribution in [3.05, 3.63) is 24.0 Å². The number of aromatic nitrogens is 4. The first kappa shape index (κ1) is 9.61. The first-order chi connectivity index (χ1) is 7.84. The van der Waals surface area contributed by atoms with E-state index in [1.807, 2.05) is 12.1 Å². The third kappa shape index (κ3) is 1.54. The Bertz CT molecular complexity index is 616. The summed E-state index contributed by atoms with van der Waals surface area (Å²) in [6, 6.07) is 3.99. The molecule has 7 heteroatoms. The van der Waals surface area contributed by atoms with E-state index in [1.165, 1.54) is 18.1 Å². The van der Waals surface area contributed by atoms with Crippen LogP contribution in [0.5, 0.6) is 0 Å². The number of nitrogens with two attached hydrogens (primary N) is 1. The van der Waals surface area contributed by atoms with Crippen molar-refractivity contribution < 1.29 is 0 Å². The minimum absolute atomic E-state index is 0.695. The summed E-state index contributed by atoms with van der Waals surface area (Å²) >= 11 is 3.03. The van der Waals surface area contributed by atoms with E-state index in [4.69, 9.17) is 5.73 Å². The minimum Gasteiger partial charge on any atom is -0.396 e. The van der Waals surface area contributed by atoms with Gasteiger partial charge >= 0.3 is 0 Å². The predicted octanol–water partition coefficient (Wildman–Crippen LogP) is 2.15. The molecule has 5 nitrogen and oxygen atoms in total. The summed E-state index contributed by atoms with van der Waals surface area (Å²) in [5.41, 5.74) is 9.39. The molecule has 1 aromatic carbocycles. The normalized spacial score (nSPS) is 11.0. The Labute approximate surface area is 99.1 Å². The van der Waals surface area contributed by atoms with Gasteiger partial charge in [0.2, 0.25) is 0 Å². The molecule has 0 fully saturated rings. The smallest absolute Gasteiger partial charge is 0.188 e. The van der Waals surface area contributed by atoms with E-state index in [-0.39, 0.29) is 0 Å². The number of H-pyrrole nitrogens is 1. The van der Waals surface area contributed by atoms with Crippen molar-refractivity contribution in [2.45, 2.75) is 10.1 Å². The van der Waals surface area contributed by atoms with Gasteiger partial charge in [-0.1, -0.05) is 0 Å². The monoisotopic (exact) mass is 249 g/mol. The molecule has 2 heterocycles. The van der Waals surface area contributed by atoms with Gasteiger partial charge in [-0.2, -0.15) is 5.10 Å². The fourth-order valence-electron chi connectivity index (χ4n) is 1.37. The number of hydrogen-bond acceptors (Lipinski definition) is 6. The molecule has 0 unspecified atom stereocenters. The van der Waals surface area contributed by atoms with Gasteiger partial charge in [-0.25, -0.2) is 9.97 Å². The Balaban J connectivity index is 2.07. The Morgan fingerprint density at radius 2 is 2.25 bits per heavy atom. The van der Waals surface area contributed by atoms with Crippen molar-refractivity contribution in [2.24, 2.45) is 0 Å². The number of thiazole rings is 1. The van der Waals surface area contributed by atoms with Crippen LogP contribution in [0.4, 0.5) is 5.69 Å². The zero-order valence-corrected chi connectivity index (χ0v) is 9.68. The topological polar surface area (TPSA) is 80.5 Å². The van der Waals surface area contributed by atoms with E-state index < -0.39 is 0 Å². The molecule has 0 aliphatic rings. The molecule has 0 radical (unpaired) electrons. The van der Waals surface area contributed by atoms with Crippen LogP contribution < -0.4 is 5.73 Å². The van der Waals surface area contributed by atoms with Gasteiger partial charge in [-0.3, -0.25) is 5.10 Å². The van der Waals surface area contributed by atoms with Crippen LogP contribution in [0, 0.1) is 0 Å². The van der Waals surface area contributed by atoms with Gasteiger partial charge in [0.1, 0.15) is 11.8 Å². The van der Waals surface area contributed by atoms with Crippen molar-refractivity contribution in [2.75, 3.05) is 5.73 Å². The van der Waals surface area contributed by atoms with Gasteiger partial charge in [-0.05, 0) is 23.9 Å². The molecular formula is C9H7N5S2. The standard InChI is InChI=1S/C9H7N5S2/c10-7-5(16-9-11-3-13-14-9)1-2-6-8(7)12-4-15-6/h1-4H,10H2,(H,11,13,14). The molecule has 3 N–H and O–H groups in total.